The van der Waals surface area contributed by atoms with Crippen molar-refractivity contribution >= 4 is 45.7 Å². The molecule has 0 aliphatic heterocycles. The van der Waals surface area contributed by atoms with Crippen molar-refractivity contribution in [1.29, 1.82) is 0 Å². The van der Waals surface area contributed by atoms with E-state index in [9.17, 15) is 9.59 Å². The van der Waals surface area contributed by atoms with Crippen molar-refractivity contribution in [3.63, 3.8) is 0 Å². The van der Waals surface area contributed by atoms with Crippen LogP contribution >= 0.6 is 23.6 Å². The molecule has 0 spiro atoms. The molecule has 11 heteroatoms. The highest BCUT2D eigenvalue weighted by Gasteiger charge is 2.19. The number of carboxylic acid groups (broad SMARTS) is 1. The lowest BCUT2D eigenvalue weighted by atomic mass is 10.1. The summed E-state index contributed by atoms with van der Waals surface area (Å²) < 4.78 is 15.6. The molecule has 0 aliphatic rings. The molecule has 0 unspecified atom stereocenters. The van der Waals surface area contributed by atoms with Gasteiger partial charge in [0.25, 0.3) is 5.91 Å². The Balaban J connectivity index is 2.15. The average Bonchev–Trinajstić information content (AvgIpc) is 3.00. The maximum Gasteiger partial charge on any atom is 0.347 e. The van der Waals surface area contributed by atoms with Crippen molar-refractivity contribution in [3.05, 3.63) is 28.3 Å². The summed E-state index contributed by atoms with van der Waals surface area (Å²) >= 11 is 6.01. The van der Waals surface area contributed by atoms with Crippen LogP contribution in [0.5, 0.6) is 17.2 Å². The SMILES string of the molecule is COc1cc(C(=O)NC(=S)Nc2nc(C)c(C(=O)O)s2)cc(OC)c1OC. The Kier molecular flexibility index (Phi) is 6.53. The highest BCUT2D eigenvalue weighted by Crippen LogP contribution is 2.38. The summed E-state index contributed by atoms with van der Waals surface area (Å²) in [6.45, 7) is 1.57. The number of aryl methyl sites for hydroxylation is 1. The number of amides is 1. The first kappa shape index (κ1) is 20.4. The van der Waals surface area contributed by atoms with E-state index >= 15 is 0 Å². The molecule has 1 amide bonds. The summed E-state index contributed by atoms with van der Waals surface area (Å²) in [6.07, 6.45) is 0. The topological polar surface area (TPSA) is 119 Å². The lowest BCUT2D eigenvalue weighted by molar-refractivity contribution is 0.0701. The van der Waals surface area contributed by atoms with Crippen molar-refractivity contribution in [2.75, 3.05) is 26.6 Å². The van der Waals surface area contributed by atoms with Crippen molar-refractivity contribution in [3.8, 4) is 17.2 Å². The van der Waals surface area contributed by atoms with Crippen LogP contribution in [-0.2, 0) is 0 Å². The second-order valence-electron chi connectivity index (χ2n) is 5.06. The van der Waals surface area contributed by atoms with Crippen LogP contribution in [0.1, 0.15) is 25.7 Å². The molecule has 27 heavy (non-hydrogen) atoms. The predicted molar refractivity (Wildman–Crippen MR) is 104 cm³/mol. The molecule has 3 N–H and O–H groups in total. The van der Waals surface area contributed by atoms with Crippen LogP contribution in [0.25, 0.3) is 0 Å². The number of hydrogen-bond acceptors (Lipinski definition) is 8. The summed E-state index contributed by atoms with van der Waals surface area (Å²) in [5.41, 5.74) is 0.587. The Morgan fingerprint density at radius 2 is 1.74 bits per heavy atom. The van der Waals surface area contributed by atoms with Gasteiger partial charge in [-0.2, -0.15) is 0 Å². The van der Waals surface area contributed by atoms with Gasteiger partial charge in [0, 0.05) is 5.56 Å². The third-order valence-electron chi connectivity index (χ3n) is 3.37. The number of ether oxygens (including phenoxy) is 3. The van der Waals surface area contributed by atoms with E-state index in [4.69, 9.17) is 31.5 Å². The predicted octanol–water partition coefficient (Wildman–Crippen LogP) is 2.30. The van der Waals surface area contributed by atoms with Crippen LogP contribution in [0, 0.1) is 6.92 Å². The van der Waals surface area contributed by atoms with Crippen LogP contribution < -0.4 is 24.8 Å². The van der Waals surface area contributed by atoms with E-state index in [-0.39, 0.29) is 20.7 Å². The third kappa shape index (κ3) is 4.63. The molecule has 1 aromatic carbocycles. The maximum atomic E-state index is 12.5. The Bertz CT molecular complexity index is 871. The minimum absolute atomic E-state index is 0.0283. The van der Waals surface area contributed by atoms with Gasteiger partial charge >= 0.3 is 5.97 Å². The van der Waals surface area contributed by atoms with Crippen LogP contribution in [0.15, 0.2) is 12.1 Å². The number of carboxylic acids is 1. The zero-order valence-electron chi connectivity index (χ0n) is 14.9. The molecule has 0 fully saturated rings. The van der Waals surface area contributed by atoms with Crippen LogP contribution in [0.3, 0.4) is 0 Å². The monoisotopic (exact) mass is 411 g/mol. The average molecular weight is 411 g/mol. The van der Waals surface area contributed by atoms with Gasteiger partial charge in [-0.3, -0.25) is 10.1 Å². The summed E-state index contributed by atoms with van der Waals surface area (Å²) in [5.74, 6) is -0.592. The fourth-order valence-corrected chi connectivity index (χ4v) is 3.23. The minimum Gasteiger partial charge on any atom is -0.493 e. The van der Waals surface area contributed by atoms with Gasteiger partial charge in [-0.1, -0.05) is 11.3 Å². The number of hydrogen-bond donors (Lipinski definition) is 3. The third-order valence-corrected chi connectivity index (χ3v) is 4.63. The van der Waals surface area contributed by atoms with E-state index < -0.39 is 11.9 Å². The number of methoxy groups -OCH3 is 3. The second kappa shape index (κ2) is 8.64. The fraction of sp³-hybridized carbons (Fsp3) is 0.250. The molecule has 2 aromatic rings. The van der Waals surface area contributed by atoms with Gasteiger partial charge in [-0.15, -0.1) is 0 Å². The molecule has 0 aliphatic carbocycles. The van der Waals surface area contributed by atoms with Gasteiger partial charge in [0.05, 0.1) is 27.0 Å². The number of carbonyl (C=O) groups excluding carboxylic acids is 1. The van der Waals surface area contributed by atoms with Gasteiger partial charge in [-0.05, 0) is 31.3 Å². The molecule has 0 saturated heterocycles. The van der Waals surface area contributed by atoms with Crippen molar-refractivity contribution in [2.45, 2.75) is 6.92 Å². The summed E-state index contributed by atoms with van der Waals surface area (Å²) in [7, 11) is 4.34. The second-order valence-corrected chi connectivity index (χ2v) is 6.47. The number of aromatic carboxylic acids is 1. The molecule has 0 radical (unpaired) electrons. The molecule has 144 valence electrons. The van der Waals surface area contributed by atoms with Gasteiger partial charge < -0.3 is 24.6 Å². The van der Waals surface area contributed by atoms with E-state index in [1.807, 2.05) is 0 Å². The smallest absolute Gasteiger partial charge is 0.347 e. The van der Waals surface area contributed by atoms with Gasteiger partial charge in [0.15, 0.2) is 21.7 Å². The number of thiocarbonyl (C=S) groups is 1. The van der Waals surface area contributed by atoms with E-state index in [2.05, 4.69) is 15.6 Å². The minimum atomic E-state index is -1.08. The van der Waals surface area contributed by atoms with Gasteiger partial charge in [-0.25, -0.2) is 9.78 Å². The standard InChI is InChI=1S/C16H17N3O6S2/c1-7-12(14(21)22)27-16(17-7)19-15(26)18-13(20)8-5-9(23-2)11(25-4)10(6-8)24-3/h5-6H,1-4H3,(H,21,22)(H2,17,18,19,20,26). The van der Waals surface area contributed by atoms with E-state index in [0.29, 0.717) is 22.9 Å². The maximum absolute atomic E-state index is 12.5. The molecule has 2 rings (SSSR count). The van der Waals surface area contributed by atoms with Gasteiger partial charge in [0.1, 0.15) is 4.88 Å². The van der Waals surface area contributed by atoms with E-state index in [0.717, 1.165) is 11.3 Å². The van der Waals surface area contributed by atoms with Crippen molar-refractivity contribution in [1.82, 2.24) is 10.3 Å². The van der Waals surface area contributed by atoms with E-state index in [1.54, 1.807) is 6.92 Å². The Morgan fingerprint density at radius 1 is 1.15 bits per heavy atom. The molecule has 0 atom stereocenters. The largest absolute Gasteiger partial charge is 0.493 e. The number of anilines is 1. The summed E-state index contributed by atoms with van der Waals surface area (Å²) in [5, 5.41) is 14.5. The molecule has 1 heterocycles. The number of rotatable bonds is 6. The van der Waals surface area contributed by atoms with Crippen LogP contribution in [0.2, 0.25) is 0 Å². The first-order valence-corrected chi connectivity index (χ1v) is 8.66. The first-order chi connectivity index (χ1) is 12.8. The van der Waals surface area contributed by atoms with Gasteiger partial charge in [0.2, 0.25) is 5.75 Å². The lowest BCUT2D eigenvalue weighted by Gasteiger charge is -2.14. The number of nitrogens with one attached hydrogen (secondary N) is 2. The number of thiazole rings is 1. The number of carbonyl (C=O) groups is 2. The number of nitrogens with zero attached hydrogens (tertiary/aromatic N) is 1. The first-order valence-electron chi connectivity index (χ1n) is 7.43. The summed E-state index contributed by atoms with van der Waals surface area (Å²) in [4.78, 5) is 27.7. The molecular formula is C16H17N3O6S2. The Hall–Kier alpha value is -2.92. The van der Waals surface area contributed by atoms with Crippen LogP contribution in [0.4, 0.5) is 5.13 Å². The highest BCUT2D eigenvalue weighted by atomic mass is 32.1. The van der Waals surface area contributed by atoms with Crippen molar-refractivity contribution in [2.24, 2.45) is 0 Å². The summed E-state index contributed by atoms with van der Waals surface area (Å²) in [6, 6.07) is 2.96. The van der Waals surface area contributed by atoms with E-state index in [1.165, 1.54) is 33.5 Å². The normalized spacial score (nSPS) is 10.1. The molecule has 1 aromatic heterocycles. The molecular weight excluding hydrogens is 394 g/mol. The number of benzene rings is 1. The molecule has 0 bridgehead atoms. The molecule has 0 saturated carbocycles. The van der Waals surface area contributed by atoms with Crippen molar-refractivity contribution < 1.29 is 28.9 Å². The zero-order valence-corrected chi connectivity index (χ0v) is 16.5. The quantitative estimate of drug-likeness (QED) is 0.615. The Labute approximate surface area is 164 Å². The Morgan fingerprint density at radius 3 is 2.19 bits per heavy atom. The zero-order chi connectivity index (χ0) is 20.1. The number of aromatic nitrogens is 1. The highest BCUT2D eigenvalue weighted by molar-refractivity contribution is 7.80. The van der Waals surface area contributed by atoms with Crippen LogP contribution in [-0.4, -0.2) is 48.4 Å². The fourth-order valence-electron chi connectivity index (χ4n) is 2.16. The molecule has 9 nitrogen and oxygen atoms in total. The lowest BCUT2D eigenvalue weighted by Crippen LogP contribution is -2.34.